The van der Waals surface area contributed by atoms with Crippen molar-refractivity contribution in [2.75, 3.05) is 12.8 Å². The van der Waals surface area contributed by atoms with E-state index in [4.69, 9.17) is 15.5 Å². The van der Waals surface area contributed by atoms with Crippen LogP contribution in [0.1, 0.15) is 18.5 Å². The van der Waals surface area contributed by atoms with Crippen molar-refractivity contribution in [2.24, 2.45) is 0 Å². The number of hydrogen-bond donors (Lipinski definition) is 1. The Labute approximate surface area is 183 Å². The first-order chi connectivity index (χ1) is 15.5. The number of benzene rings is 1. The third-order valence-electron chi connectivity index (χ3n) is 5.35. The van der Waals surface area contributed by atoms with Crippen molar-refractivity contribution in [3.05, 3.63) is 78.5 Å². The number of nitrogens with two attached hydrogens (primary N) is 1. The predicted molar refractivity (Wildman–Crippen MR) is 119 cm³/mol. The van der Waals surface area contributed by atoms with Gasteiger partial charge in [0.1, 0.15) is 5.82 Å². The van der Waals surface area contributed by atoms with Crippen molar-refractivity contribution >= 4 is 11.6 Å². The first-order valence-electron chi connectivity index (χ1n) is 10.00. The minimum Gasteiger partial charge on any atom is -0.492 e. The quantitative estimate of drug-likeness (QED) is 0.454. The minimum atomic E-state index is -0.259. The Kier molecular flexibility index (Phi) is 4.78. The molecule has 0 spiro atoms. The molecule has 8 nitrogen and oxygen atoms in total. The first kappa shape index (κ1) is 19.7. The molecule has 32 heavy (non-hydrogen) atoms. The highest BCUT2D eigenvalue weighted by molar-refractivity contribution is 5.77. The van der Waals surface area contributed by atoms with Crippen LogP contribution in [0.3, 0.4) is 0 Å². The van der Waals surface area contributed by atoms with Gasteiger partial charge in [-0.1, -0.05) is 18.2 Å². The van der Waals surface area contributed by atoms with Gasteiger partial charge in [-0.25, -0.2) is 13.9 Å². The van der Waals surface area contributed by atoms with Crippen LogP contribution in [-0.4, -0.2) is 36.5 Å². The van der Waals surface area contributed by atoms with Gasteiger partial charge in [0, 0.05) is 23.5 Å². The van der Waals surface area contributed by atoms with E-state index in [0.29, 0.717) is 11.4 Å². The number of aromatic nitrogens is 6. The maximum Gasteiger partial charge on any atom is 0.240 e. The van der Waals surface area contributed by atoms with Crippen LogP contribution in [0, 0.1) is 5.82 Å². The smallest absolute Gasteiger partial charge is 0.240 e. The highest BCUT2D eigenvalue weighted by atomic mass is 19.1. The molecule has 0 radical (unpaired) electrons. The van der Waals surface area contributed by atoms with E-state index in [9.17, 15) is 4.39 Å². The van der Waals surface area contributed by atoms with E-state index in [1.807, 2.05) is 42.1 Å². The number of halogens is 1. The molecule has 1 atom stereocenters. The van der Waals surface area contributed by atoms with Gasteiger partial charge in [0.05, 0.1) is 30.7 Å². The fraction of sp³-hybridized carbons (Fsp3) is 0.130. The molecule has 0 fully saturated rings. The Bertz CT molecular complexity index is 1410. The van der Waals surface area contributed by atoms with E-state index >= 15 is 0 Å². The Morgan fingerprint density at radius 1 is 1.03 bits per heavy atom. The maximum atomic E-state index is 13.2. The Balaban J connectivity index is 1.50. The van der Waals surface area contributed by atoms with Crippen LogP contribution in [0.25, 0.3) is 28.2 Å². The fourth-order valence-electron chi connectivity index (χ4n) is 3.66. The summed E-state index contributed by atoms with van der Waals surface area (Å²) in [6.07, 6.45) is 5.47. The Morgan fingerprint density at radius 2 is 1.81 bits per heavy atom. The monoisotopic (exact) mass is 429 g/mol. The summed E-state index contributed by atoms with van der Waals surface area (Å²) in [6, 6.07) is 14.0. The number of anilines is 1. The van der Waals surface area contributed by atoms with Crippen molar-refractivity contribution in [1.82, 2.24) is 29.4 Å². The number of hydrogen-bond acceptors (Lipinski definition) is 6. The van der Waals surface area contributed by atoms with E-state index in [2.05, 4.69) is 15.2 Å². The molecule has 0 unspecified atom stereocenters. The molecular weight excluding hydrogens is 409 g/mol. The minimum absolute atomic E-state index is 0.0477. The zero-order valence-corrected chi connectivity index (χ0v) is 17.5. The molecule has 0 saturated heterocycles. The maximum absolute atomic E-state index is 13.2. The average Bonchev–Trinajstić information content (AvgIpc) is 3.45. The first-order valence-corrected chi connectivity index (χ1v) is 10.00. The lowest BCUT2D eigenvalue weighted by atomic mass is 10.1. The van der Waals surface area contributed by atoms with Gasteiger partial charge >= 0.3 is 0 Å². The van der Waals surface area contributed by atoms with Gasteiger partial charge in [0.2, 0.25) is 5.95 Å². The summed E-state index contributed by atoms with van der Waals surface area (Å²) in [6.45, 7) is 2.01. The molecule has 0 aliphatic rings. The second-order valence-electron chi connectivity index (χ2n) is 7.35. The highest BCUT2D eigenvalue weighted by Gasteiger charge is 2.16. The molecule has 0 aliphatic carbocycles. The molecule has 5 aromatic rings. The van der Waals surface area contributed by atoms with Crippen LogP contribution in [0.4, 0.5) is 10.3 Å². The van der Waals surface area contributed by atoms with Crippen LogP contribution in [0.15, 0.2) is 67.1 Å². The van der Waals surface area contributed by atoms with E-state index in [-0.39, 0.29) is 17.8 Å². The van der Waals surface area contributed by atoms with Crippen molar-refractivity contribution < 1.29 is 9.13 Å². The summed E-state index contributed by atoms with van der Waals surface area (Å²) in [4.78, 5) is 9.07. The number of rotatable bonds is 5. The summed E-state index contributed by atoms with van der Waals surface area (Å²) in [5.74, 6) is 0.456. The van der Waals surface area contributed by atoms with E-state index in [1.54, 1.807) is 36.2 Å². The Hall–Kier alpha value is -4.27. The number of methoxy groups -OCH3 is 1. The number of pyridine rings is 2. The van der Waals surface area contributed by atoms with Crippen LogP contribution in [-0.2, 0) is 0 Å². The third-order valence-corrected chi connectivity index (χ3v) is 5.35. The third kappa shape index (κ3) is 3.43. The molecule has 0 amide bonds. The number of ether oxygens (including phenoxy) is 1. The summed E-state index contributed by atoms with van der Waals surface area (Å²) < 4.78 is 22.3. The summed E-state index contributed by atoms with van der Waals surface area (Å²) in [5.41, 5.74) is 10.4. The molecule has 0 bridgehead atoms. The summed E-state index contributed by atoms with van der Waals surface area (Å²) in [5, 5.41) is 8.62. The molecular formula is C23H20FN7O. The summed E-state index contributed by atoms with van der Waals surface area (Å²) in [7, 11) is 1.58. The van der Waals surface area contributed by atoms with Crippen molar-refractivity contribution in [1.29, 1.82) is 0 Å². The lowest BCUT2D eigenvalue weighted by molar-refractivity contribution is 0.418. The molecule has 160 valence electrons. The van der Waals surface area contributed by atoms with Crippen LogP contribution in [0.5, 0.6) is 5.75 Å². The zero-order valence-electron chi connectivity index (χ0n) is 17.5. The molecule has 0 saturated carbocycles. The van der Waals surface area contributed by atoms with Crippen LogP contribution in [0.2, 0.25) is 0 Å². The van der Waals surface area contributed by atoms with Gasteiger partial charge in [0.15, 0.2) is 11.4 Å². The van der Waals surface area contributed by atoms with Gasteiger partial charge in [-0.05, 0) is 42.8 Å². The fourth-order valence-corrected chi connectivity index (χ4v) is 3.66. The van der Waals surface area contributed by atoms with Crippen molar-refractivity contribution in [3.63, 3.8) is 0 Å². The number of nitrogen functional groups attached to an aromatic ring is 1. The van der Waals surface area contributed by atoms with Gasteiger partial charge in [-0.15, -0.1) is 5.10 Å². The van der Waals surface area contributed by atoms with Crippen molar-refractivity contribution in [2.45, 2.75) is 13.0 Å². The van der Waals surface area contributed by atoms with Gasteiger partial charge in [0.25, 0.3) is 0 Å². The lowest BCUT2D eigenvalue weighted by Crippen LogP contribution is -2.06. The van der Waals surface area contributed by atoms with Gasteiger partial charge in [-0.2, -0.15) is 10.1 Å². The van der Waals surface area contributed by atoms with E-state index in [0.717, 1.165) is 28.1 Å². The topological polar surface area (TPSA) is 96.1 Å². The van der Waals surface area contributed by atoms with Crippen LogP contribution >= 0.6 is 0 Å². The Morgan fingerprint density at radius 3 is 2.59 bits per heavy atom. The molecule has 4 aromatic heterocycles. The molecule has 0 aliphatic heterocycles. The average molecular weight is 429 g/mol. The summed E-state index contributed by atoms with van der Waals surface area (Å²) >= 11 is 0. The zero-order chi connectivity index (χ0) is 22.2. The van der Waals surface area contributed by atoms with Crippen molar-refractivity contribution in [3.8, 4) is 28.3 Å². The highest BCUT2D eigenvalue weighted by Crippen LogP contribution is 2.33. The second kappa shape index (κ2) is 7.77. The lowest BCUT2D eigenvalue weighted by Gasteiger charge is -2.12. The van der Waals surface area contributed by atoms with E-state index < -0.39 is 0 Å². The normalized spacial score (nSPS) is 12.2. The second-order valence-corrected chi connectivity index (χ2v) is 7.35. The molecule has 1 aromatic carbocycles. The SMILES string of the molecule is COc1c(-c2cccc(-c3cnn([C@H](C)c4ccc(F)cc4)c3)n2)ccn2nc(N)nc12. The van der Waals surface area contributed by atoms with Crippen LogP contribution < -0.4 is 10.5 Å². The molecule has 5 rings (SSSR count). The predicted octanol–water partition coefficient (Wildman–Crippen LogP) is 3.99. The molecule has 9 heteroatoms. The van der Waals surface area contributed by atoms with Gasteiger partial charge in [-0.3, -0.25) is 4.68 Å². The molecule has 2 N–H and O–H groups in total. The molecule has 4 heterocycles. The number of fused-ring (bicyclic) bond motifs is 1. The largest absolute Gasteiger partial charge is 0.492 e. The van der Waals surface area contributed by atoms with E-state index in [1.165, 1.54) is 12.1 Å². The standard InChI is InChI=1S/C23H20FN7O/c1-14(15-6-8-17(24)9-7-15)31-13-16(12-26-31)19-4-3-5-20(27-19)18-10-11-30-22(21(18)32-2)28-23(25)29-30/h3-14H,1-2H3,(H2,25,29)/t14-/m1/s1. The number of nitrogens with zero attached hydrogens (tertiary/aromatic N) is 6. The van der Waals surface area contributed by atoms with Gasteiger partial charge < -0.3 is 10.5 Å².